The van der Waals surface area contributed by atoms with Crippen LogP contribution in [-0.4, -0.2) is 22.4 Å². The van der Waals surface area contributed by atoms with Crippen LogP contribution in [-0.2, 0) is 10.0 Å². The lowest BCUT2D eigenvalue weighted by Gasteiger charge is -2.10. The highest BCUT2D eigenvalue weighted by Crippen LogP contribution is 2.28. The van der Waals surface area contributed by atoms with Gasteiger partial charge in [0, 0.05) is 24.7 Å². The summed E-state index contributed by atoms with van der Waals surface area (Å²) < 4.78 is 53.9. The van der Waals surface area contributed by atoms with Crippen LogP contribution in [0.25, 0.3) is 11.3 Å². The van der Waals surface area contributed by atoms with Gasteiger partial charge in [-0.1, -0.05) is 0 Å². The number of halogens is 2. The molecule has 0 aromatic carbocycles. The molecule has 0 bridgehead atoms. The molecule has 1 radical (unpaired) electrons. The number of rotatable bonds is 3. The van der Waals surface area contributed by atoms with Crippen molar-refractivity contribution in [3.8, 4) is 11.3 Å². The predicted octanol–water partition coefficient (Wildman–Crippen LogP) is 2.57. The van der Waals surface area contributed by atoms with Gasteiger partial charge in [0.2, 0.25) is 5.95 Å². The monoisotopic (exact) mass is 334 g/mol. The van der Waals surface area contributed by atoms with Gasteiger partial charge in [-0.2, -0.15) is 12.8 Å². The number of nitrogens with zero attached hydrogens (tertiary/aromatic N) is 3. The summed E-state index contributed by atoms with van der Waals surface area (Å²) in [5.41, 5.74) is -0.0781. The molecule has 117 valence electrons. The minimum atomic E-state index is -4.20. The fourth-order valence-electron chi connectivity index (χ4n) is 2.08. The second kappa shape index (κ2) is 5.54. The van der Waals surface area contributed by atoms with Gasteiger partial charge in [0.25, 0.3) is 10.0 Å². The molecule has 3 aromatic heterocycles. The van der Waals surface area contributed by atoms with Crippen LogP contribution in [0.2, 0.25) is 0 Å². The molecule has 0 N–H and O–H groups in total. The summed E-state index contributed by atoms with van der Waals surface area (Å²) in [6, 6.07) is 7.74. The van der Waals surface area contributed by atoms with Gasteiger partial charge in [-0.3, -0.25) is 0 Å². The number of hydrogen-bond donors (Lipinski definition) is 0. The summed E-state index contributed by atoms with van der Waals surface area (Å²) in [6.45, 7) is 1.70. The number of aryl methyl sites for hydroxylation is 1. The molecule has 3 rings (SSSR count). The third-order valence-electron chi connectivity index (χ3n) is 3.16. The normalized spacial score (nSPS) is 11.6. The predicted molar refractivity (Wildman–Crippen MR) is 78.0 cm³/mol. The average molecular weight is 334 g/mol. The van der Waals surface area contributed by atoms with E-state index in [4.69, 9.17) is 0 Å². The van der Waals surface area contributed by atoms with E-state index in [1.165, 1.54) is 30.6 Å². The van der Waals surface area contributed by atoms with E-state index in [-0.39, 0.29) is 10.6 Å². The molecule has 23 heavy (non-hydrogen) atoms. The van der Waals surface area contributed by atoms with Gasteiger partial charge >= 0.3 is 0 Å². The minimum absolute atomic E-state index is 0.271. The number of aromatic nitrogens is 3. The van der Waals surface area contributed by atoms with Crippen molar-refractivity contribution >= 4 is 10.0 Å². The van der Waals surface area contributed by atoms with Crippen LogP contribution in [0.4, 0.5) is 8.78 Å². The molecule has 0 aliphatic heterocycles. The molecule has 0 aliphatic rings. The Balaban J connectivity index is 2.25. The van der Waals surface area contributed by atoms with Crippen LogP contribution in [0.15, 0.2) is 47.9 Å². The van der Waals surface area contributed by atoms with E-state index in [0.717, 1.165) is 6.20 Å². The van der Waals surface area contributed by atoms with Gasteiger partial charge in [-0.25, -0.2) is 18.3 Å². The van der Waals surface area contributed by atoms with E-state index in [2.05, 4.69) is 16.0 Å². The second-order valence-electron chi connectivity index (χ2n) is 4.75. The Kier molecular flexibility index (Phi) is 3.69. The molecule has 0 amide bonds. The number of pyridine rings is 2. The summed E-state index contributed by atoms with van der Waals surface area (Å²) >= 11 is 0. The van der Waals surface area contributed by atoms with Crippen LogP contribution >= 0.6 is 0 Å². The molecule has 5 nitrogen and oxygen atoms in total. The molecular weight excluding hydrogens is 324 g/mol. The van der Waals surface area contributed by atoms with Crippen molar-refractivity contribution in [1.29, 1.82) is 0 Å². The molecule has 0 saturated carbocycles. The van der Waals surface area contributed by atoms with Crippen LogP contribution in [0.5, 0.6) is 0 Å². The van der Waals surface area contributed by atoms with Gasteiger partial charge in [-0.15, -0.1) is 0 Å². The Bertz CT molecular complexity index is 984. The molecule has 0 aliphatic carbocycles. The molecular formula is C15H10F2N3O2S. The molecule has 0 spiro atoms. The molecule has 0 fully saturated rings. The molecule has 3 heterocycles. The Morgan fingerprint density at radius 1 is 1.17 bits per heavy atom. The third kappa shape index (κ3) is 2.61. The first-order valence-corrected chi connectivity index (χ1v) is 7.93. The summed E-state index contributed by atoms with van der Waals surface area (Å²) in [5.74, 6) is -1.97. The minimum Gasteiger partial charge on any atom is -0.243 e. The zero-order chi connectivity index (χ0) is 16.6. The highest BCUT2D eigenvalue weighted by atomic mass is 32.2. The molecule has 0 unspecified atom stereocenters. The van der Waals surface area contributed by atoms with E-state index >= 15 is 0 Å². The Morgan fingerprint density at radius 2 is 1.96 bits per heavy atom. The van der Waals surface area contributed by atoms with Crippen molar-refractivity contribution in [3.63, 3.8) is 0 Å². The highest BCUT2D eigenvalue weighted by Gasteiger charge is 2.26. The Labute approximate surface area is 131 Å². The van der Waals surface area contributed by atoms with Gasteiger partial charge in [0.05, 0.1) is 5.56 Å². The first kappa shape index (κ1) is 15.3. The van der Waals surface area contributed by atoms with Gasteiger partial charge in [-0.05, 0) is 36.8 Å². The lowest BCUT2D eigenvalue weighted by Crippen LogP contribution is -2.15. The van der Waals surface area contributed by atoms with Crippen molar-refractivity contribution in [1.82, 2.24) is 13.9 Å². The first-order valence-electron chi connectivity index (χ1n) is 6.49. The van der Waals surface area contributed by atoms with Gasteiger partial charge < -0.3 is 0 Å². The van der Waals surface area contributed by atoms with Crippen molar-refractivity contribution < 1.29 is 17.2 Å². The maximum absolute atomic E-state index is 14.0. The Hall–Kier alpha value is -2.61. The third-order valence-corrected chi connectivity index (χ3v) is 4.72. The Morgan fingerprint density at radius 3 is 2.65 bits per heavy atom. The lowest BCUT2D eigenvalue weighted by atomic mass is 10.2. The lowest BCUT2D eigenvalue weighted by molar-refractivity contribution is 0.575. The number of hydrogen-bond acceptors (Lipinski definition) is 4. The topological polar surface area (TPSA) is 64.8 Å². The second-order valence-corrected chi connectivity index (χ2v) is 6.51. The van der Waals surface area contributed by atoms with Crippen molar-refractivity contribution in [2.45, 2.75) is 11.9 Å². The summed E-state index contributed by atoms with van der Waals surface area (Å²) in [4.78, 5) is 7.21. The zero-order valence-corrected chi connectivity index (χ0v) is 12.7. The molecule has 0 saturated heterocycles. The highest BCUT2D eigenvalue weighted by molar-refractivity contribution is 7.90. The van der Waals surface area contributed by atoms with Crippen molar-refractivity contribution in [2.24, 2.45) is 0 Å². The van der Waals surface area contributed by atoms with E-state index in [0.29, 0.717) is 9.54 Å². The van der Waals surface area contributed by atoms with Crippen LogP contribution in [0, 0.1) is 24.8 Å². The van der Waals surface area contributed by atoms with Crippen molar-refractivity contribution in [3.05, 3.63) is 66.3 Å². The average Bonchev–Trinajstić information content (AvgIpc) is 2.90. The van der Waals surface area contributed by atoms with E-state index in [9.17, 15) is 17.2 Å². The zero-order valence-electron chi connectivity index (χ0n) is 11.9. The maximum Gasteiger partial charge on any atom is 0.285 e. The maximum atomic E-state index is 14.0. The van der Waals surface area contributed by atoms with E-state index in [1.807, 2.05) is 0 Å². The summed E-state index contributed by atoms with van der Waals surface area (Å²) in [5, 5.41) is -0.271. The largest absolute Gasteiger partial charge is 0.285 e. The standard InChI is InChI=1S/C15H10F2N3O2S/c1-10-4-7-18-13(9-10)23(21,22)20-8-5-12(16)14(20)11-3-2-6-19-15(11)17/h2-4,6-9H,1H3. The summed E-state index contributed by atoms with van der Waals surface area (Å²) in [7, 11) is -4.20. The molecule has 0 atom stereocenters. The fraction of sp³-hybridized carbons (Fsp3) is 0.0667. The fourth-order valence-corrected chi connectivity index (χ4v) is 3.43. The van der Waals surface area contributed by atoms with Gasteiger partial charge in [0.1, 0.15) is 5.69 Å². The molecule has 8 heteroatoms. The van der Waals surface area contributed by atoms with Crippen LogP contribution < -0.4 is 0 Å². The van der Waals surface area contributed by atoms with E-state index < -0.39 is 27.5 Å². The van der Waals surface area contributed by atoms with Gasteiger partial charge in [0.15, 0.2) is 10.8 Å². The summed E-state index contributed by atoms with van der Waals surface area (Å²) in [6.07, 6.45) is 3.41. The van der Waals surface area contributed by atoms with Crippen LogP contribution in [0.1, 0.15) is 5.56 Å². The SMILES string of the molecule is Cc1ccnc(S(=O)(=O)n2c[c]c(F)c2-c2cccnc2F)c1. The van der Waals surface area contributed by atoms with E-state index in [1.54, 1.807) is 13.0 Å². The van der Waals surface area contributed by atoms with Crippen LogP contribution in [0.3, 0.4) is 0 Å². The molecule has 3 aromatic rings. The van der Waals surface area contributed by atoms with Crippen molar-refractivity contribution in [2.75, 3.05) is 0 Å². The quantitative estimate of drug-likeness (QED) is 0.691. The first-order chi connectivity index (χ1) is 10.9. The smallest absolute Gasteiger partial charge is 0.243 e.